The second-order valence-corrected chi connectivity index (χ2v) is 7.78. The molecule has 0 aliphatic carbocycles. The van der Waals surface area contributed by atoms with Gasteiger partial charge in [0.25, 0.3) is 0 Å². The third-order valence-corrected chi connectivity index (χ3v) is 5.52. The Morgan fingerprint density at radius 2 is 1.86 bits per heavy atom. The minimum absolute atomic E-state index is 0.203. The van der Waals surface area contributed by atoms with Crippen molar-refractivity contribution in [3.63, 3.8) is 0 Å². The maximum absolute atomic E-state index is 12.0. The summed E-state index contributed by atoms with van der Waals surface area (Å²) in [5, 5.41) is 0. The number of nitrogens with one attached hydrogen (secondary N) is 1. The van der Waals surface area contributed by atoms with Gasteiger partial charge in [-0.3, -0.25) is 4.90 Å². The molecule has 4 nitrogen and oxygen atoms in total. The summed E-state index contributed by atoms with van der Waals surface area (Å²) < 4.78 is 26.8. The van der Waals surface area contributed by atoms with Gasteiger partial charge in [0.05, 0.1) is 5.75 Å². The molecule has 1 aliphatic heterocycles. The van der Waals surface area contributed by atoms with Crippen molar-refractivity contribution in [1.82, 2.24) is 9.62 Å². The van der Waals surface area contributed by atoms with Crippen LogP contribution < -0.4 is 4.72 Å². The molecule has 0 aromatic heterocycles. The van der Waals surface area contributed by atoms with Gasteiger partial charge in [-0.05, 0) is 51.3 Å². The van der Waals surface area contributed by atoms with E-state index in [0.29, 0.717) is 13.0 Å². The van der Waals surface area contributed by atoms with Crippen LogP contribution in [0.5, 0.6) is 0 Å². The summed E-state index contributed by atoms with van der Waals surface area (Å²) in [7, 11) is -3.15. The van der Waals surface area contributed by atoms with Crippen LogP contribution in [0.3, 0.4) is 0 Å². The van der Waals surface area contributed by atoms with E-state index in [-0.39, 0.29) is 11.8 Å². The molecule has 21 heavy (non-hydrogen) atoms. The average molecular weight is 310 g/mol. The molecule has 0 amide bonds. The number of likely N-dealkylation sites (tertiary alicyclic amines) is 1. The zero-order valence-electron chi connectivity index (χ0n) is 12.8. The van der Waals surface area contributed by atoms with Crippen molar-refractivity contribution >= 4 is 10.0 Å². The van der Waals surface area contributed by atoms with Crippen LogP contribution in [0.15, 0.2) is 30.3 Å². The van der Waals surface area contributed by atoms with Gasteiger partial charge in [0, 0.05) is 12.6 Å². The van der Waals surface area contributed by atoms with E-state index in [1.807, 2.05) is 30.3 Å². The topological polar surface area (TPSA) is 49.4 Å². The third-order valence-electron chi connectivity index (χ3n) is 4.08. The number of aryl methyl sites for hydroxylation is 1. The number of hydrogen-bond donors (Lipinski definition) is 1. The summed E-state index contributed by atoms with van der Waals surface area (Å²) in [6.07, 6.45) is 3.93. The van der Waals surface area contributed by atoms with E-state index >= 15 is 0 Å². The van der Waals surface area contributed by atoms with E-state index in [4.69, 9.17) is 0 Å². The van der Waals surface area contributed by atoms with Crippen LogP contribution in [0.4, 0.5) is 0 Å². The molecule has 0 spiro atoms. The van der Waals surface area contributed by atoms with Gasteiger partial charge in [0.1, 0.15) is 0 Å². The van der Waals surface area contributed by atoms with Crippen LogP contribution in [0.25, 0.3) is 0 Å². The minimum atomic E-state index is -3.15. The third kappa shape index (κ3) is 5.77. The Bertz CT molecular complexity index is 510. The predicted molar refractivity (Wildman–Crippen MR) is 86.8 cm³/mol. The van der Waals surface area contributed by atoms with E-state index in [1.54, 1.807) is 0 Å². The summed E-state index contributed by atoms with van der Waals surface area (Å²) in [6.45, 7) is 4.80. The van der Waals surface area contributed by atoms with Crippen molar-refractivity contribution in [3.05, 3.63) is 35.9 Å². The number of sulfonamides is 1. The lowest BCUT2D eigenvalue weighted by Crippen LogP contribution is -2.41. The van der Waals surface area contributed by atoms with Crippen molar-refractivity contribution in [2.45, 2.75) is 38.6 Å². The van der Waals surface area contributed by atoms with E-state index in [2.05, 4.69) is 16.5 Å². The highest BCUT2D eigenvalue weighted by atomic mass is 32.2. The normalized spacial score (nSPS) is 18.0. The van der Waals surface area contributed by atoms with Gasteiger partial charge in [0.15, 0.2) is 0 Å². The average Bonchev–Trinajstić information content (AvgIpc) is 3.00. The Hall–Kier alpha value is -0.910. The van der Waals surface area contributed by atoms with Crippen molar-refractivity contribution in [3.8, 4) is 0 Å². The van der Waals surface area contributed by atoms with E-state index < -0.39 is 10.0 Å². The van der Waals surface area contributed by atoms with Crippen LogP contribution in [0.2, 0.25) is 0 Å². The van der Waals surface area contributed by atoms with E-state index in [9.17, 15) is 8.42 Å². The van der Waals surface area contributed by atoms with Crippen molar-refractivity contribution in [1.29, 1.82) is 0 Å². The first-order chi connectivity index (χ1) is 10.1. The second-order valence-electron chi connectivity index (χ2n) is 5.85. The summed E-state index contributed by atoms with van der Waals surface area (Å²) in [5.74, 6) is 0.203. The van der Waals surface area contributed by atoms with E-state index in [0.717, 1.165) is 19.5 Å². The molecule has 1 saturated heterocycles. The molecule has 1 aromatic carbocycles. The molecule has 1 atom stereocenters. The molecule has 0 bridgehead atoms. The molecule has 1 fully saturated rings. The van der Waals surface area contributed by atoms with E-state index in [1.165, 1.54) is 18.4 Å². The molecule has 1 aromatic rings. The molecule has 5 heteroatoms. The first-order valence-electron chi connectivity index (χ1n) is 7.82. The fourth-order valence-electron chi connectivity index (χ4n) is 2.74. The fraction of sp³-hybridized carbons (Fsp3) is 0.625. The molecule has 1 heterocycles. The Kier molecular flexibility index (Phi) is 6.21. The molecule has 1 N–H and O–H groups in total. The molecule has 1 unspecified atom stereocenters. The van der Waals surface area contributed by atoms with Crippen LogP contribution in [0, 0.1) is 0 Å². The lowest BCUT2D eigenvalue weighted by Gasteiger charge is -2.23. The molecule has 0 radical (unpaired) electrons. The maximum Gasteiger partial charge on any atom is 0.211 e. The predicted octanol–water partition coefficient (Wildman–Crippen LogP) is 2.02. The Balaban J connectivity index is 1.69. The van der Waals surface area contributed by atoms with Crippen molar-refractivity contribution < 1.29 is 8.42 Å². The number of benzene rings is 1. The van der Waals surface area contributed by atoms with Crippen molar-refractivity contribution in [2.24, 2.45) is 0 Å². The summed E-state index contributed by atoms with van der Waals surface area (Å²) in [6, 6.07) is 10.3. The number of hydrogen-bond acceptors (Lipinski definition) is 3. The highest BCUT2D eigenvalue weighted by molar-refractivity contribution is 7.89. The Labute approximate surface area is 128 Å². The lowest BCUT2D eigenvalue weighted by atomic mass is 10.1. The van der Waals surface area contributed by atoms with Gasteiger partial charge in [-0.1, -0.05) is 30.3 Å². The standard InChI is InChI=1S/C16H26N2O2S/c1-15(18-11-5-6-12-18)14-17-21(19,20)13-7-10-16-8-3-2-4-9-16/h2-4,8-9,15,17H,5-7,10-14H2,1H3. The lowest BCUT2D eigenvalue weighted by molar-refractivity contribution is 0.260. The second kappa shape index (κ2) is 7.92. The monoisotopic (exact) mass is 310 g/mol. The van der Waals surface area contributed by atoms with Gasteiger partial charge in [-0.2, -0.15) is 0 Å². The molecule has 1 aliphatic rings. The number of rotatable bonds is 8. The molecule has 2 rings (SSSR count). The van der Waals surface area contributed by atoms with Crippen LogP contribution >= 0.6 is 0 Å². The Morgan fingerprint density at radius 3 is 2.52 bits per heavy atom. The largest absolute Gasteiger partial charge is 0.299 e. The van der Waals surface area contributed by atoms with Gasteiger partial charge < -0.3 is 0 Å². The van der Waals surface area contributed by atoms with Crippen LogP contribution in [-0.4, -0.2) is 44.7 Å². The fourth-order valence-corrected chi connectivity index (χ4v) is 3.91. The van der Waals surface area contributed by atoms with Gasteiger partial charge in [-0.15, -0.1) is 0 Å². The van der Waals surface area contributed by atoms with Gasteiger partial charge >= 0.3 is 0 Å². The zero-order valence-corrected chi connectivity index (χ0v) is 13.6. The van der Waals surface area contributed by atoms with Crippen molar-refractivity contribution in [2.75, 3.05) is 25.4 Å². The minimum Gasteiger partial charge on any atom is -0.299 e. The quantitative estimate of drug-likeness (QED) is 0.799. The SMILES string of the molecule is CC(CNS(=O)(=O)CCCc1ccccc1)N1CCCC1. The summed E-state index contributed by atoms with van der Waals surface area (Å²) >= 11 is 0. The molecular formula is C16H26N2O2S. The first-order valence-corrected chi connectivity index (χ1v) is 9.47. The molecule has 0 saturated carbocycles. The summed E-state index contributed by atoms with van der Waals surface area (Å²) in [5.41, 5.74) is 1.19. The molecule has 118 valence electrons. The highest BCUT2D eigenvalue weighted by Crippen LogP contribution is 2.11. The smallest absolute Gasteiger partial charge is 0.211 e. The highest BCUT2D eigenvalue weighted by Gasteiger charge is 2.19. The number of nitrogens with zero attached hydrogens (tertiary/aromatic N) is 1. The first kappa shape index (κ1) is 16.5. The zero-order chi connectivity index (χ0) is 15.1. The van der Waals surface area contributed by atoms with Gasteiger partial charge in [0.2, 0.25) is 10.0 Å². The molecular weight excluding hydrogens is 284 g/mol. The van der Waals surface area contributed by atoms with Crippen LogP contribution in [0.1, 0.15) is 31.7 Å². The Morgan fingerprint density at radius 1 is 1.19 bits per heavy atom. The van der Waals surface area contributed by atoms with Crippen LogP contribution in [-0.2, 0) is 16.4 Å². The summed E-state index contributed by atoms with van der Waals surface area (Å²) in [4.78, 5) is 2.35. The van der Waals surface area contributed by atoms with Gasteiger partial charge in [-0.25, -0.2) is 13.1 Å². The maximum atomic E-state index is 12.0.